The number of rotatable bonds is 7. The van der Waals surface area contributed by atoms with E-state index >= 15 is 0 Å². The van der Waals surface area contributed by atoms with Gasteiger partial charge in [0.15, 0.2) is 5.82 Å². The van der Waals surface area contributed by atoms with Gasteiger partial charge in [0.1, 0.15) is 0 Å². The number of hydrogen-bond acceptors (Lipinski definition) is 4. The summed E-state index contributed by atoms with van der Waals surface area (Å²) in [6.45, 7) is 7.51. The summed E-state index contributed by atoms with van der Waals surface area (Å²) in [5.41, 5.74) is 6.74. The quantitative estimate of drug-likeness (QED) is 0.757. The van der Waals surface area contributed by atoms with Crippen molar-refractivity contribution < 1.29 is 4.74 Å². The van der Waals surface area contributed by atoms with Crippen LogP contribution in [0.2, 0.25) is 0 Å². The SMILES string of the molecule is CCCCCN(c1nc(OC)ccc1N)C(C)C. The van der Waals surface area contributed by atoms with Crippen molar-refractivity contribution in [2.75, 3.05) is 24.3 Å². The van der Waals surface area contributed by atoms with Gasteiger partial charge in [-0.15, -0.1) is 0 Å². The number of unbranched alkanes of at least 4 members (excludes halogenated alkanes) is 2. The molecule has 0 aliphatic heterocycles. The standard InChI is InChI=1S/C14H25N3O/c1-5-6-7-10-17(11(2)3)14-12(15)8-9-13(16-14)18-4/h8-9,11H,5-7,10,15H2,1-4H3. The minimum atomic E-state index is 0.378. The first-order valence-electron chi connectivity index (χ1n) is 6.67. The highest BCUT2D eigenvalue weighted by atomic mass is 16.5. The van der Waals surface area contributed by atoms with Crippen LogP contribution in [0.1, 0.15) is 40.0 Å². The Labute approximate surface area is 110 Å². The van der Waals surface area contributed by atoms with Gasteiger partial charge in [0.05, 0.1) is 12.8 Å². The Hall–Kier alpha value is -1.45. The summed E-state index contributed by atoms with van der Waals surface area (Å²) in [7, 11) is 1.62. The fraction of sp³-hybridized carbons (Fsp3) is 0.643. The lowest BCUT2D eigenvalue weighted by Gasteiger charge is -2.29. The van der Waals surface area contributed by atoms with Gasteiger partial charge in [-0.1, -0.05) is 19.8 Å². The normalized spacial score (nSPS) is 10.7. The van der Waals surface area contributed by atoms with Crippen LogP contribution in [0, 0.1) is 0 Å². The van der Waals surface area contributed by atoms with Gasteiger partial charge in [0.25, 0.3) is 0 Å². The molecule has 0 bridgehead atoms. The first-order chi connectivity index (χ1) is 8.60. The second kappa shape index (κ2) is 7.09. The van der Waals surface area contributed by atoms with Crippen LogP contribution in [0.5, 0.6) is 5.88 Å². The number of nitrogen functional groups attached to an aromatic ring is 1. The van der Waals surface area contributed by atoms with Gasteiger partial charge in [-0.2, -0.15) is 4.98 Å². The molecule has 4 heteroatoms. The number of pyridine rings is 1. The minimum absolute atomic E-state index is 0.378. The molecule has 0 amide bonds. The maximum Gasteiger partial charge on any atom is 0.215 e. The number of ether oxygens (including phenoxy) is 1. The Kier molecular flexibility index (Phi) is 5.75. The Morgan fingerprint density at radius 2 is 2.06 bits per heavy atom. The van der Waals surface area contributed by atoms with E-state index in [0.717, 1.165) is 18.8 Å². The molecular formula is C14H25N3O. The van der Waals surface area contributed by atoms with Crippen LogP contribution in [-0.2, 0) is 0 Å². The van der Waals surface area contributed by atoms with E-state index in [1.165, 1.54) is 12.8 Å². The second-order valence-corrected chi connectivity index (χ2v) is 4.76. The fourth-order valence-corrected chi connectivity index (χ4v) is 1.93. The highest BCUT2D eigenvalue weighted by molar-refractivity contribution is 5.64. The molecule has 4 nitrogen and oxygen atoms in total. The lowest BCUT2D eigenvalue weighted by Crippen LogP contribution is -2.33. The summed E-state index contributed by atoms with van der Waals surface area (Å²) < 4.78 is 5.17. The van der Waals surface area contributed by atoms with Crippen molar-refractivity contribution in [3.05, 3.63) is 12.1 Å². The molecule has 0 saturated heterocycles. The van der Waals surface area contributed by atoms with Crippen LogP contribution in [0.3, 0.4) is 0 Å². The molecule has 0 aromatic carbocycles. The molecule has 0 fully saturated rings. The molecule has 102 valence electrons. The van der Waals surface area contributed by atoms with E-state index in [4.69, 9.17) is 10.5 Å². The van der Waals surface area contributed by atoms with Crippen molar-refractivity contribution in [2.24, 2.45) is 0 Å². The number of nitrogens with zero attached hydrogens (tertiary/aromatic N) is 2. The molecule has 1 heterocycles. The Morgan fingerprint density at radius 1 is 1.33 bits per heavy atom. The molecule has 1 rings (SSSR count). The molecule has 0 radical (unpaired) electrons. The van der Waals surface area contributed by atoms with E-state index in [-0.39, 0.29) is 0 Å². The van der Waals surface area contributed by atoms with E-state index in [9.17, 15) is 0 Å². The van der Waals surface area contributed by atoms with E-state index in [0.29, 0.717) is 17.6 Å². The maximum atomic E-state index is 6.03. The zero-order valence-electron chi connectivity index (χ0n) is 11.9. The van der Waals surface area contributed by atoms with Crippen LogP contribution in [0.15, 0.2) is 12.1 Å². The molecule has 0 spiro atoms. The van der Waals surface area contributed by atoms with E-state index < -0.39 is 0 Å². The number of hydrogen-bond donors (Lipinski definition) is 1. The minimum Gasteiger partial charge on any atom is -0.481 e. The van der Waals surface area contributed by atoms with E-state index in [1.54, 1.807) is 13.2 Å². The van der Waals surface area contributed by atoms with Crippen molar-refractivity contribution in [3.8, 4) is 5.88 Å². The third-order valence-corrected chi connectivity index (χ3v) is 2.99. The van der Waals surface area contributed by atoms with Crippen LogP contribution in [-0.4, -0.2) is 24.7 Å². The molecule has 1 aromatic rings. The van der Waals surface area contributed by atoms with Gasteiger partial charge in [-0.3, -0.25) is 0 Å². The van der Waals surface area contributed by atoms with Crippen LogP contribution in [0.4, 0.5) is 11.5 Å². The average Bonchev–Trinajstić information content (AvgIpc) is 2.35. The summed E-state index contributed by atoms with van der Waals surface area (Å²) >= 11 is 0. The molecular weight excluding hydrogens is 226 g/mol. The fourth-order valence-electron chi connectivity index (χ4n) is 1.93. The zero-order valence-corrected chi connectivity index (χ0v) is 11.9. The Morgan fingerprint density at radius 3 is 2.61 bits per heavy atom. The Bertz CT molecular complexity index is 366. The first kappa shape index (κ1) is 14.6. The van der Waals surface area contributed by atoms with Crippen molar-refractivity contribution in [3.63, 3.8) is 0 Å². The summed E-state index contributed by atoms with van der Waals surface area (Å²) in [5.74, 6) is 1.45. The molecule has 2 N–H and O–H groups in total. The number of methoxy groups -OCH3 is 1. The monoisotopic (exact) mass is 251 g/mol. The van der Waals surface area contributed by atoms with Gasteiger partial charge in [-0.25, -0.2) is 0 Å². The van der Waals surface area contributed by atoms with Gasteiger partial charge in [0.2, 0.25) is 5.88 Å². The van der Waals surface area contributed by atoms with Crippen molar-refractivity contribution in [2.45, 2.75) is 46.1 Å². The molecule has 0 saturated carbocycles. The maximum absolute atomic E-state index is 6.03. The molecule has 18 heavy (non-hydrogen) atoms. The molecule has 0 aliphatic rings. The van der Waals surface area contributed by atoms with Crippen molar-refractivity contribution in [1.29, 1.82) is 0 Å². The highest BCUT2D eigenvalue weighted by Gasteiger charge is 2.15. The van der Waals surface area contributed by atoms with Crippen LogP contribution < -0.4 is 15.4 Å². The summed E-state index contributed by atoms with van der Waals surface area (Å²) in [6.07, 6.45) is 3.60. The lowest BCUT2D eigenvalue weighted by molar-refractivity contribution is 0.397. The van der Waals surface area contributed by atoms with Gasteiger partial charge < -0.3 is 15.4 Å². The number of nitrogens with two attached hydrogens (primary N) is 1. The van der Waals surface area contributed by atoms with Crippen LogP contribution in [0.25, 0.3) is 0 Å². The third-order valence-electron chi connectivity index (χ3n) is 2.99. The molecule has 1 aromatic heterocycles. The van der Waals surface area contributed by atoms with Crippen LogP contribution >= 0.6 is 0 Å². The topological polar surface area (TPSA) is 51.4 Å². The number of anilines is 2. The molecule has 0 unspecified atom stereocenters. The molecule has 0 aliphatic carbocycles. The van der Waals surface area contributed by atoms with Gasteiger partial charge >= 0.3 is 0 Å². The third kappa shape index (κ3) is 3.79. The van der Waals surface area contributed by atoms with E-state index in [2.05, 4.69) is 30.7 Å². The predicted octanol–water partition coefficient (Wildman–Crippen LogP) is 3.08. The zero-order chi connectivity index (χ0) is 13.5. The summed E-state index contributed by atoms with van der Waals surface area (Å²) in [6, 6.07) is 4.03. The first-order valence-corrected chi connectivity index (χ1v) is 6.67. The average molecular weight is 251 g/mol. The highest BCUT2D eigenvalue weighted by Crippen LogP contribution is 2.25. The number of aromatic nitrogens is 1. The van der Waals surface area contributed by atoms with Crippen molar-refractivity contribution >= 4 is 11.5 Å². The largest absolute Gasteiger partial charge is 0.481 e. The predicted molar refractivity (Wildman–Crippen MR) is 77.2 cm³/mol. The smallest absolute Gasteiger partial charge is 0.215 e. The van der Waals surface area contributed by atoms with E-state index in [1.807, 2.05) is 6.07 Å². The molecule has 0 atom stereocenters. The van der Waals surface area contributed by atoms with Gasteiger partial charge in [-0.05, 0) is 26.3 Å². The van der Waals surface area contributed by atoms with Gasteiger partial charge in [0, 0.05) is 18.7 Å². The Balaban J connectivity index is 2.90. The lowest BCUT2D eigenvalue weighted by atomic mass is 10.2. The second-order valence-electron chi connectivity index (χ2n) is 4.76. The summed E-state index contributed by atoms with van der Waals surface area (Å²) in [5, 5.41) is 0. The summed E-state index contributed by atoms with van der Waals surface area (Å²) in [4.78, 5) is 6.71. The van der Waals surface area contributed by atoms with Crippen molar-refractivity contribution in [1.82, 2.24) is 4.98 Å².